The molecule has 0 unspecified atom stereocenters. The van der Waals surface area contributed by atoms with Gasteiger partial charge in [-0.15, -0.1) is 24.0 Å². The molecule has 0 atom stereocenters. The van der Waals surface area contributed by atoms with E-state index < -0.39 is 0 Å². The maximum Gasteiger partial charge on any atom is 0.193 e. The predicted octanol–water partition coefficient (Wildman–Crippen LogP) is 3.52. The van der Waals surface area contributed by atoms with Crippen LogP contribution in [0.1, 0.15) is 32.3 Å². The average Bonchev–Trinajstić information content (AvgIpc) is 2.52. The number of rotatable bonds is 9. The Morgan fingerprint density at radius 2 is 1.95 bits per heavy atom. The summed E-state index contributed by atoms with van der Waals surface area (Å²) in [5.41, 5.74) is 1.20. The molecule has 4 nitrogen and oxygen atoms in total. The molecule has 0 heterocycles. The molecule has 0 aliphatic rings. The van der Waals surface area contributed by atoms with Gasteiger partial charge in [-0.1, -0.05) is 43.7 Å². The molecule has 0 aliphatic carbocycles. The fraction of sp³-hybridized carbons (Fsp3) is 0.588. The molecule has 1 rings (SSSR count). The van der Waals surface area contributed by atoms with E-state index in [4.69, 9.17) is 4.74 Å². The Kier molecular flexibility index (Phi) is 13.3. The SMILES string of the molecule is CCCCN(C)C(=NCCOCc1ccccc1)NCC.I. The van der Waals surface area contributed by atoms with Crippen molar-refractivity contribution in [2.24, 2.45) is 4.99 Å². The van der Waals surface area contributed by atoms with Gasteiger partial charge in [-0.2, -0.15) is 0 Å². The normalized spacial score (nSPS) is 11.0. The summed E-state index contributed by atoms with van der Waals surface area (Å²) in [6.07, 6.45) is 2.38. The van der Waals surface area contributed by atoms with E-state index in [9.17, 15) is 0 Å². The van der Waals surface area contributed by atoms with Crippen molar-refractivity contribution in [3.63, 3.8) is 0 Å². The minimum absolute atomic E-state index is 0. The molecule has 0 amide bonds. The van der Waals surface area contributed by atoms with Crippen molar-refractivity contribution in [1.29, 1.82) is 0 Å². The Labute approximate surface area is 152 Å². The number of unbranched alkanes of at least 4 members (excludes halogenated alkanes) is 1. The number of hydrogen-bond acceptors (Lipinski definition) is 2. The standard InChI is InChI=1S/C17H29N3O.HI/c1-4-6-13-20(3)17(18-5-2)19-12-14-21-15-16-10-8-7-9-11-16;/h7-11H,4-6,12-15H2,1-3H3,(H,18,19);1H. The zero-order valence-corrected chi connectivity index (χ0v) is 16.4. The van der Waals surface area contributed by atoms with Crippen LogP contribution in [0.4, 0.5) is 0 Å². The molecule has 126 valence electrons. The predicted molar refractivity (Wildman–Crippen MR) is 105 cm³/mol. The Morgan fingerprint density at radius 1 is 1.23 bits per heavy atom. The van der Waals surface area contributed by atoms with Crippen LogP contribution in [0, 0.1) is 0 Å². The largest absolute Gasteiger partial charge is 0.375 e. The van der Waals surface area contributed by atoms with Gasteiger partial charge >= 0.3 is 0 Å². The zero-order chi connectivity index (χ0) is 15.3. The number of hydrogen-bond donors (Lipinski definition) is 1. The summed E-state index contributed by atoms with van der Waals surface area (Å²) in [4.78, 5) is 6.79. The summed E-state index contributed by atoms with van der Waals surface area (Å²) in [6, 6.07) is 10.2. The van der Waals surface area contributed by atoms with E-state index in [0.29, 0.717) is 19.8 Å². The number of nitrogens with one attached hydrogen (secondary N) is 1. The molecule has 0 saturated carbocycles. The topological polar surface area (TPSA) is 36.9 Å². The second-order valence-corrected chi connectivity index (χ2v) is 5.05. The third-order valence-electron chi connectivity index (χ3n) is 3.15. The molecule has 0 aromatic heterocycles. The van der Waals surface area contributed by atoms with Crippen molar-refractivity contribution in [2.45, 2.75) is 33.3 Å². The van der Waals surface area contributed by atoms with E-state index in [1.807, 2.05) is 18.2 Å². The highest BCUT2D eigenvalue weighted by Crippen LogP contribution is 2.00. The second-order valence-electron chi connectivity index (χ2n) is 5.05. The lowest BCUT2D eigenvalue weighted by molar-refractivity contribution is 0.128. The minimum atomic E-state index is 0. The first kappa shape index (κ1) is 21.2. The van der Waals surface area contributed by atoms with Gasteiger partial charge in [0.15, 0.2) is 5.96 Å². The first-order valence-electron chi connectivity index (χ1n) is 7.89. The van der Waals surface area contributed by atoms with Gasteiger partial charge in [0.05, 0.1) is 19.8 Å². The van der Waals surface area contributed by atoms with Crippen molar-refractivity contribution in [3.8, 4) is 0 Å². The summed E-state index contributed by atoms with van der Waals surface area (Å²) in [6.45, 7) is 8.20. The number of halogens is 1. The maximum atomic E-state index is 5.66. The fourth-order valence-electron chi connectivity index (χ4n) is 1.95. The molecule has 0 saturated heterocycles. The van der Waals surface area contributed by atoms with Crippen molar-refractivity contribution in [2.75, 3.05) is 33.3 Å². The summed E-state index contributed by atoms with van der Waals surface area (Å²) in [7, 11) is 2.09. The molecule has 1 aromatic carbocycles. The second kappa shape index (κ2) is 13.8. The number of aliphatic imine (C=N–C) groups is 1. The van der Waals surface area contributed by atoms with E-state index in [0.717, 1.165) is 19.0 Å². The number of ether oxygens (including phenoxy) is 1. The fourth-order valence-corrected chi connectivity index (χ4v) is 1.95. The number of guanidine groups is 1. The summed E-state index contributed by atoms with van der Waals surface area (Å²) in [5.74, 6) is 0.967. The van der Waals surface area contributed by atoms with Gasteiger partial charge in [0.1, 0.15) is 0 Å². The van der Waals surface area contributed by atoms with E-state index in [-0.39, 0.29) is 24.0 Å². The van der Waals surface area contributed by atoms with Gasteiger partial charge < -0.3 is 15.0 Å². The molecule has 0 fully saturated rings. The molecule has 5 heteroatoms. The van der Waals surface area contributed by atoms with Gasteiger partial charge in [-0.3, -0.25) is 4.99 Å². The summed E-state index contributed by atoms with van der Waals surface area (Å²) < 4.78 is 5.66. The van der Waals surface area contributed by atoms with Crippen molar-refractivity contribution in [3.05, 3.63) is 35.9 Å². The quantitative estimate of drug-likeness (QED) is 0.288. The van der Waals surface area contributed by atoms with Gasteiger partial charge in [0.25, 0.3) is 0 Å². The molecular weight excluding hydrogens is 389 g/mol. The lowest BCUT2D eigenvalue weighted by Gasteiger charge is -2.21. The minimum Gasteiger partial charge on any atom is -0.375 e. The molecule has 0 aliphatic heterocycles. The highest BCUT2D eigenvalue weighted by atomic mass is 127. The van der Waals surface area contributed by atoms with Crippen LogP contribution in [0.3, 0.4) is 0 Å². The molecule has 1 aromatic rings. The lowest BCUT2D eigenvalue weighted by Crippen LogP contribution is -2.39. The van der Waals surface area contributed by atoms with Gasteiger partial charge in [-0.05, 0) is 18.9 Å². The van der Waals surface area contributed by atoms with Crippen LogP contribution in [0.2, 0.25) is 0 Å². The third kappa shape index (κ3) is 9.25. The van der Waals surface area contributed by atoms with Crippen LogP contribution in [-0.2, 0) is 11.3 Å². The van der Waals surface area contributed by atoms with Gasteiger partial charge in [-0.25, -0.2) is 0 Å². The molecule has 0 bridgehead atoms. The average molecular weight is 419 g/mol. The van der Waals surface area contributed by atoms with Crippen molar-refractivity contribution in [1.82, 2.24) is 10.2 Å². The van der Waals surface area contributed by atoms with Crippen molar-refractivity contribution < 1.29 is 4.74 Å². The third-order valence-corrected chi connectivity index (χ3v) is 3.15. The smallest absolute Gasteiger partial charge is 0.193 e. The van der Waals surface area contributed by atoms with Crippen LogP contribution in [0.15, 0.2) is 35.3 Å². The first-order chi connectivity index (χ1) is 10.3. The molecule has 1 N–H and O–H groups in total. The van der Waals surface area contributed by atoms with Crippen LogP contribution in [0.5, 0.6) is 0 Å². The highest BCUT2D eigenvalue weighted by molar-refractivity contribution is 14.0. The highest BCUT2D eigenvalue weighted by Gasteiger charge is 2.03. The molecule has 0 spiro atoms. The van der Waals surface area contributed by atoms with Crippen LogP contribution >= 0.6 is 24.0 Å². The molecular formula is C17H30IN3O. The molecule has 0 radical (unpaired) electrons. The van der Waals surface area contributed by atoms with Crippen LogP contribution in [0.25, 0.3) is 0 Å². The lowest BCUT2D eigenvalue weighted by atomic mass is 10.2. The van der Waals surface area contributed by atoms with E-state index >= 15 is 0 Å². The molecule has 22 heavy (non-hydrogen) atoms. The Bertz CT molecular complexity index is 398. The summed E-state index contributed by atoms with van der Waals surface area (Å²) >= 11 is 0. The zero-order valence-electron chi connectivity index (χ0n) is 14.0. The van der Waals surface area contributed by atoms with E-state index in [2.05, 4.69) is 48.2 Å². The van der Waals surface area contributed by atoms with Crippen molar-refractivity contribution >= 4 is 29.9 Å². The van der Waals surface area contributed by atoms with Gasteiger partial charge in [0, 0.05) is 20.1 Å². The summed E-state index contributed by atoms with van der Waals surface area (Å²) in [5, 5.41) is 3.32. The first-order valence-corrected chi connectivity index (χ1v) is 7.89. The van der Waals surface area contributed by atoms with E-state index in [1.54, 1.807) is 0 Å². The van der Waals surface area contributed by atoms with E-state index in [1.165, 1.54) is 18.4 Å². The number of benzene rings is 1. The monoisotopic (exact) mass is 419 g/mol. The Balaban J connectivity index is 0.00000441. The van der Waals surface area contributed by atoms with Crippen LogP contribution in [-0.4, -0.2) is 44.1 Å². The Hall–Kier alpha value is -0.820. The van der Waals surface area contributed by atoms with Gasteiger partial charge in [0.2, 0.25) is 0 Å². The maximum absolute atomic E-state index is 5.66. The Morgan fingerprint density at radius 3 is 2.59 bits per heavy atom. The number of nitrogens with zero attached hydrogens (tertiary/aromatic N) is 2. The van der Waals surface area contributed by atoms with Crippen LogP contribution < -0.4 is 5.32 Å².